The number of rotatable bonds is 7. The van der Waals surface area contributed by atoms with Crippen LogP contribution in [0.5, 0.6) is 0 Å². The highest BCUT2D eigenvalue weighted by Crippen LogP contribution is 2.21. The maximum Gasteiger partial charge on any atom is 0.261 e. The van der Waals surface area contributed by atoms with Crippen molar-refractivity contribution in [1.82, 2.24) is 10.2 Å². The minimum atomic E-state index is -3.75. The molecule has 3 aromatic rings. The number of hydrogen-bond acceptors (Lipinski definition) is 6. The lowest BCUT2D eigenvalue weighted by atomic mass is 10.1. The average molecular weight is 445 g/mol. The fourth-order valence-electron chi connectivity index (χ4n) is 2.71. The number of aryl methyl sites for hydroxylation is 2. The zero-order valence-corrected chi connectivity index (χ0v) is 18.9. The van der Waals surface area contributed by atoms with Crippen molar-refractivity contribution in [3.05, 3.63) is 64.2 Å². The third-order valence-electron chi connectivity index (χ3n) is 4.46. The second kappa shape index (κ2) is 8.93. The Hall–Kier alpha value is -2.78. The molecule has 0 bridgehead atoms. The average Bonchev–Trinajstić information content (AvgIpc) is 3.10. The lowest BCUT2D eigenvalue weighted by Crippen LogP contribution is -2.15. The zero-order valence-electron chi connectivity index (χ0n) is 17.3. The Morgan fingerprint density at radius 3 is 2.37 bits per heavy atom. The summed E-state index contributed by atoms with van der Waals surface area (Å²) in [5, 5.41) is 12.0. The number of aromatic nitrogens is 2. The number of carbonyl (C=O) groups excluding carboxylic acids is 1. The summed E-state index contributed by atoms with van der Waals surface area (Å²) in [6.45, 7) is 8.06. The number of nitrogens with zero attached hydrogens (tertiary/aromatic N) is 2. The molecule has 9 heteroatoms. The monoisotopic (exact) mass is 444 g/mol. The van der Waals surface area contributed by atoms with E-state index in [-0.39, 0.29) is 10.8 Å². The molecule has 0 spiro atoms. The van der Waals surface area contributed by atoms with Crippen LogP contribution in [0, 0.1) is 19.8 Å². The van der Waals surface area contributed by atoms with Crippen molar-refractivity contribution in [3.63, 3.8) is 0 Å². The maximum atomic E-state index is 12.6. The van der Waals surface area contributed by atoms with E-state index in [1.807, 2.05) is 19.9 Å². The number of sulfonamides is 1. The first-order valence-corrected chi connectivity index (χ1v) is 11.8. The largest absolute Gasteiger partial charge is 0.296 e. The van der Waals surface area contributed by atoms with Crippen LogP contribution in [0.3, 0.4) is 0 Å². The summed E-state index contributed by atoms with van der Waals surface area (Å²) in [5.41, 5.74) is 2.91. The highest BCUT2D eigenvalue weighted by atomic mass is 32.2. The molecule has 0 unspecified atom stereocenters. The summed E-state index contributed by atoms with van der Waals surface area (Å²) in [5.74, 6) is 0.0849. The molecule has 0 aliphatic carbocycles. The van der Waals surface area contributed by atoms with Gasteiger partial charge in [-0.15, -0.1) is 10.2 Å². The van der Waals surface area contributed by atoms with Gasteiger partial charge in [-0.3, -0.25) is 14.8 Å². The first-order chi connectivity index (χ1) is 14.1. The first-order valence-electron chi connectivity index (χ1n) is 9.48. The Morgan fingerprint density at radius 1 is 1.03 bits per heavy atom. The SMILES string of the molecule is Cc1ccc(NS(=O)(=O)c2ccc(C(=O)Nc3nnc(CC(C)C)s3)cc2)cc1C. The number of anilines is 2. The topological polar surface area (TPSA) is 101 Å². The Balaban J connectivity index is 1.69. The van der Waals surface area contributed by atoms with Gasteiger partial charge in [-0.05, 0) is 67.3 Å². The van der Waals surface area contributed by atoms with Gasteiger partial charge >= 0.3 is 0 Å². The summed E-state index contributed by atoms with van der Waals surface area (Å²) in [4.78, 5) is 12.5. The summed E-state index contributed by atoms with van der Waals surface area (Å²) >= 11 is 1.33. The van der Waals surface area contributed by atoms with Gasteiger partial charge in [0.25, 0.3) is 15.9 Å². The summed E-state index contributed by atoms with van der Waals surface area (Å²) in [7, 11) is -3.75. The Kier molecular flexibility index (Phi) is 6.52. The summed E-state index contributed by atoms with van der Waals surface area (Å²) in [6, 6.07) is 11.1. The number of amides is 1. The molecule has 158 valence electrons. The second-order valence-corrected chi connectivity index (χ2v) is 10.2. The van der Waals surface area contributed by atoms with Crippen LogP contribution in [0.25, 0.3) is 0 Å². The van der Waals surface area contributed by atoms with Crippen LogP contribution in [-0.2, 0) is 16.4 Å². The lowest BCUT2D eigenvalue weighted by molar-refractivity contribution is 0.102. The number of benzene rings is 2. The molecule has 0 saturated carbocycles. The molecule has 0 aliphatic heterocycles. The molecule has 0 radical (unpaired) electrons. The fraction of sp³-hybridized carbons (Fsp3) is 0.286. The zero-order chi connectivity index (χ0) is 21.9. The number of hydrogen-bond donors (Lipinski definition) is 2. The maximum absolute atomic E-state index is 12.6. The van der Waals surface area contributed by atoms with Gasteiger partial charge in [-0.1, -0.05) is 31.3 Å². The van der Waals surface area contributed by atoms with Crippen molar-refractivity contribution in [2.45, 2.75) is 39.0 Å². The Morgan fingerprint density at radius 2 is 1.73 bits per heavy atom. The molecule has 0 aliphatic rings. The molecular formula is C21H24N4O3S2. The molecule has 1 heterocycles. The quantitative estimate of drug-likeness (QED) is 0.562. The van der Waals surface area contributed by atoms with E-state index >= 15 is 0 Å². The fourth-order valence-corrected chi connectivity index (χ4v) is 4.71. The molecule has 2 N–H and O–H groups in total. The highest BCUT2D eigenvalue weighted by Gasteiger charge is 2.16. The van der Waals surface area contributed by atoms with E-state index < -0.39 is 10.0 Å². The molecule has 0 fully saturated rings. The van der Waals surface area contributed by atoms with Crippen LogP contribution >= 0.6 is 11.3 Å². The standard InChI is InChI=1S/C21H24N4O3S2/c1-13(2)11-19-23-24-21(29-19)22-20(26)16-6-9-18(10-7-16)30(27,28)25-17-8-5-14(3)15(4)12-17/h5-10,12-13,25H,11H2,1-4H3,(H,22,24,26). The van der Waals surface area contributed by atoms with Crippen molar-refractivity contribution < 1.29 is 13.2 Å². The summed E-state index contributed by atoms with van der Waals surface area (Å²) in [6.07, 6.45) is 0.799. The first kappa shape index (κ1) is 21.9. The number of nitrogens with one attached hydrogen (secondary N) is 2. The summed E-state index contributed by atoms with van der Waals surface area (Å²) < 4.78 is 27.8. The van der Waals surface area contributed by atoms with Gasteiger partial charge in [0.05, 0.1) is 4.90 Å². The van der Waals surface area contributed by atoms with Crippen molar-refractivity contribution in [2.24, 2.45) is 5.92 Å². The van der Waals surface area contributed by atoms with Crippen molar-refractivity contribution in [1.29, 1.82) is 0 Å². The van der Waals surface area contributed by atoms with Gasteiger partial charge in [-0.25, -0.2) is 8.42 Å². The van der Waals surface area contributed by atoms with Crippen LogP contribution in [0.2, 0.25) is 0 Å². The van der Waals surface area contributed by atoms with E-state index in [2.05, 4.69) is 34.1 Å². The van der Waals surface area contributed by atoms with E-state index in [1.165, 1.54) is 35.6 Å². The van der Waals surface area contributed by atoms with Gasteiger partial charge in [0.15, 0.2) is 0 Å². The second-order valence-electron chi connectivity index (χ2n) is 7.48. The normalized spacial score (nSPS) is 11.5. The molecule has 7 nitrogen and oxygen atoms in total. The van der Waals surface area contributed by atoms with Crippen LogP contribution in [-0.4, -0.2) is 24.5 Å². The van der Waals surface area contributed by atoms with Crippen molar-refractivity contribution >= 4 is 38.1 Å². The third kappa shape index (κ3) is 5.43. The van der Waals surface area contributed by atoms with Crippen LogP contribution in [0.1, 0.15) is 40.3 Å². The van der Waals surface area contributed by atoms with E-state index in [9.17, 15) is 13.2 Å². The molecule has 1 aromatic heterocycles. The van der Waals surface area contributed by atoms with E-state index in [1.54, 1.807) is 12.1 Å². The van der Waals surface area contributed by atoms with Gasteiger partial charge in [-0.2, -0.15) is 0 Å². The van der Waals surface area contributed by atoms with E-state index in [0.717, 1.165) is 22.6 Å². The molecule has 0 atom stereocenters. The third-order valence-corrected chi connectivity index (χ3v) is 6.71. The Bertz CT molecular complexity index is 1150. The van der Waals surface area contributed by atoms with Crippen LogP contribution in [0.4, 0.5) is 10.8 Å². The molecular weight excluding hydrogens is 420 g/mol. The molecule has 3 rings (SSSR count). The highest BCUT2D eigenvalue weighted by molar-refractivity contribution is 7.92. The van der Waals surface area contributed by atoms with Gasteiger partial charge in [0, 0.05) is 17.7 Å². The predicted molar refractivity (Wildman–Crippen MR) is 120 cm³/mol. The molecule has 0 saturated heterocycles. The lowest BCUT2D eigenvalue weighted by Gasteiger charge is -2.10. The van der Waals surface area contributed by atoms with Crippen molar-refractivity contribution in [2.75, 3.05) is 10.0 Å². The Labute approximate surface area is 180 Å². The van der Waals surface area contributed by atoms with Crippen molar-refractivity contribution in [3.8, 4) is 0 Å². The minimum Gasteiger partial charge on any atom is -0.296 e. The van der Waals surface area contributed by atoms with Crippen LogP contribution in [0.15, 0.2) is 47.4 Å². The molecule has 30 heavy (non-hydrogen) atoms. The van der Waals surface area contributed by atoms with Crippen LogP contribution < -0.4 is 10.0 Å². The van der Waals surface area contributed by atoms with E-state index in [4.69, 9.17) is 0 Å². The predicted octanol–water partition coefficient (Wildman–Crippen LogP) is 4.41. The molecule has 1 amide bonds. The smallest absolute Gasteiger partial charge is 0.261 e. The number of carbonyl (C=O) groups is 1. The van der Waals surface area contributed by atoms with Gasteiger partial charge in [0.1, 0.15) is 5.01 Å². The van der Waals surface area contributed by atoms with Gasteiger partial charge in [0.2, 0.25) is 5.13 Å². The molecule has 2 aromatic carbocycles. The van der Waals surface area contributed by atoms with Gasteiger partial charge < -0.3 is 0 Å². The minimum absolute atomic E-state index is 0.0763. The van der Waals surface area contributed by atoms with E-state index in [0.29, 0.717) is 22.3 Å².